The van der Waals surface area contributed by atoms with Crippen molar-refractivity contribution in [1.29, 1.82) is 0 Å². The summed E-state index contributed by atoms with van der Waals surface area (Å²) in [7, 11) is 1.73. The van der Waals surface area contributed by atoms with Crippen LogP contribution in [0, 0.1) is 6.92 Å². The molecule has 1 aromatic carbocycles. The van der Waals surface area contributed by atoms with E-state index in [9.17, 15) is 9.59 Å². The van der Waals surface area contributed by atoms with Crippen LogP contribution in [0.3, 0.4) is 0 Å². The Morgan fingerprint density at radius 3 is 2.68 bits per heavy atom. The molecule has 0 radical (unpaired) electrons. The number of ether oxygens (including phenoxy) is 1. The summed E-state index contributed by atoms with van der Waals surface area (Å²) >= 11 is 0. The quantitative estimate of drug-likeness (QED) is 0.656. The highest BCUT2D eigenvalue weighted by Gasteiger charge is 2.30. The molecule has 1 fully saturated rings. The van der Waals surface area contributed by atoms with Gasteiger partial charge in [0, 0.05) is 18.8 Å². The fraction of sp³-hybridized carbons (Fsp3) is 0.429. The highest BCUT2D eigenvalue weighted by Crippen LogP contribution is 2.25. The number of carbonyl (C=O) groups is 2. The number of rotatable bonds is 4. The molecule has 5 heteroatoms. The first-order valence-electron chi connectivity index (χ1n) is 6.28. The van der Waals surface area contributed by atoms with Crippen molar-refractivity contribution in [3.63, 3.8) is 0 Å². The summed E-state index contributed by atoms with van der Waals surface area (Å²) in [6.45, 7) is 1.55. The standard InChI is InChI=1S/C14H18N2O3/c1-9-4-3-5-11(15)13(9)14(18)19-8-12(17)16(2)10-6-7-10/h3-5,10H,6-8,15H2,1-2H3. The van der Waals surface area contributed by atoms with Crippen LogP contribution >= 0.6 is 0 Å². The van der Waals surface area contributed by atoms with Gasteiger partial charge in [-0.1, -0.05) is 12.1 Å². The van der Waals surface area contributed by atoms with Gasteiger partial charge in [-0.2, -0.15) is 0 Å². The minimum absolute atomic E-state index is 0.178. The zero-order valence-corrected chi connectivity index (χ0v) is 11.2. The molecule has 102 valence electrons. The van der Waals surface area contributed by atoms with Gasteiger partial charge >= 0.3 is 5.97 Å². The Morgan fingerprint density at radius 2 is 2.11 bits per heavy atom. The van der Waals surface area contributed by atoms with Gasteiger partial charge in [0.15, 0.2) is 6.61 Å². The molecule has 1 aromatic rings. The Kier molecular flexibility index (Phi) is 3.74. The van der Waals surface area contributed by atoms with Gasteiger partial charge in [0.1, 0.15) is 0 Å². The third-order valence-corrected chi connectivity index (χ3v) is 3.32. The van der Waals surface area contributed by atoms with Gasteiger partial charge in [0.2, 0.25) is 0 Å². The molecule has 0 heterocycles. The number of hydrogen-bond donors (Lipinski definition) is 1. The van der Waals surface area contributed by atoms with E-state index in [1.54, 1.807) is 37.1 Å². The van der Waals surface area contributed by atoms with Gasteiger partial charge in [-0.3, -0.25) is 4.79 Å². The topological polar surface area (TPSA) is 72.6 Å². The van der Waals surface area contributed by atoms with Gasteiger partial charge in [-0.25, -0.2) is 4.79 Å². The largest absolute Gasteiger partial charge is 0.452 e. The number of carbonyl (C=O) groups excluding carboxylic acids is 2. The van der Waals surface area contributed by atoms with E-state index in [4.69, 9.17) is 10.5 Å². The summed E-state index contributed by atoms with van der Waals surface area (Å²) in [5.41, 5.74) is 7.20. The zero-order chi connectivity index (χ0) is 14.0. The van der Waals surface area contributed by atoms with Crippen LogP contribution in [-0.2, 0) is 9.53 Å². The molecular formula is C14H18N2O3. The van der Waals surface area contributed by atoms with Crippen molar-refractivity contribution < 1.29 is 14.3 Å². The Balaban J connectivity index is 1.95. The predicted molar refractivity (Wildman–Crippen MR) is 71.7 cm³/mol. The summed E-state index contributed by atoms with van der Waals surface area (Å²) in [5, 5.41) is 0. The zero-order valence-electron chi connectivity index (χ0n) is 11.2. The van der Waals surface area contributed by atoms with Crippen molar-refractivity contribution in [2.45, 2.75) is 25.8 Å². The van der Waals surface area contributed by atoms with Crippen LogP contribution in [-0.4, -0.2) is 36.5 Å². The van der Waals surface area contributed by atoms with Crippen molar-refractivity contribution in [1.82, 2.24) is 4.90 Å². The highest BCUT2D eigenvalue weighted by atomic mass is 16.5. The summed E-state index contributed by atoms with van der Waals surface area (Å²) < 4.78 is 5.04. The maximum Gasteiger partial charge on any atom is 0.341 e. The highest BCUT2D eigenvalue weighted by molar-refractivity contribution is 5.97. The van der Waals surface area contributed by atoms with Crippen LogP contribution in [0.1, 0.15) is 28.8 Å². The molecule has 1 aliphatic carbocycles. The van der Waals surface area contributed by atoms with E-state index < -0.39 is 5.97 Å². The second kappa shape index (κ2) is 5.30. The first-order chi connectivity index (χ1) is 9.00. The van der Waals surface area contributed by atoms with Gasteiger partial charge in [-0.05, 0) is 31.4 Å². The summed E-state index contributed by atoms with van der Waals surface area (Å²) in [6.07, 6.45) is 2.06. The summed E-state index contributed by atoms with van der Waals surface area (Å²) in [5.74, 6) is -0.726. The Hall–Kier alpha value is -2.04. The normalized spacial score (nSPS) is 14.0. The van der Waals surface area contributed by atoms with E-state index in [1.807, 2.05) is 0 Å². The fourth-order valence-electron chi connectivity index (χ4n) is 1.94. The first-order valence-corrected chi connectivity index (χ1v) is 6.28. The first kappa shape index (κ1) is 13.4. The second-order valence-corrected chi connectivity index (χ2v) is 4.85. The predicted octanol–water partition coefficient (Wildman–Crippen LogP) is 1.35. The minimum atomic E-state index is -0.548. The molecule has 0 aromatic heterocycles. The molecule has 1 saturated carbocycles. The number of anilines is 1. The van der Waals surface area contributed by atoms with E-state index in [2.05, 4.69) is 0 Å². The van der Waals surface area contributed by atoms with E-state index in [1.165, 1.54) is 0 Å². The third-order valence-electron chi connectivity index (χ3n) is 3.32. The van der Waals surface area contributed by atoms with Crippen LogP contribution in [0.4, 0.5) is 5.69 Å². The van der Waals surface area contributed by atoms with Crippen molar-refractivity contribution in [3.05, 3.63) is 29.3 Å². The van der Waals surface area contributed by atoms with Crippen LogP contribution in [0.2, 0.25) is 0 Å². The average Bonchev–Trinajstić information content (AvgIpc) is 3.19. The molecule has 1 amide bonds. The third kappa shape index (κ3) is 3.05. The number of amides is 1. The number of likely N-dealkylation sites (N-methyl/N-ethyl adjacent to an activating group) is 1. The van der Waals surface area contributed by atoms with E-state index in [-0.39, 0.29) is 12.5 Å². The van der Waals surface area contributed by atoms with Crippen molar-refractivity contribution in [2.75, 3.05) is 19.4 Å². The lowest BCUT2D eigenvalue weighted by Gasteiger charge is -2.16. The summed E-state index contributed by atoms with van der Waals surface area (Å²) in [4.78, 5) is 25.3. The second-order valence-electron chi connectivity index (χ2n) is 4.85. The van der Waals surface area contributed by atoms with Crippen molar-refractivity contribution in [2.24, 2.45) is 0 Å². The van der Waals surface area contributed by atoms with E-state index >= 15 is 0 Å². The molecule has 19 heavy (non-hydrogen) atoms. The van der Waals surface area contributed by atoms with E-state index in [0.717, 1.165) is 18.4 Å². The Labute approximate surface area is 112 Å². The van der Waals surface area contributed by atoms with Gasteiger partial charge < -0.3 is 15.4 Å². The smallest absolute Gasteiger partial charge is 0.341 e. The van der Waals surface area contributed by atoms with E-state index in [0.29, 0.717) is 17.3 Å². The number of aryl methyl sites for hydroxylation is 1. The molecule has 5 nitrogen and oxygen atoms in total. The number of benzene rings is 1. The Bertz CT molecular complexity index is 489. The molecule has 0 spiro atoms. The lowest BCUT2D eigenvalue weighted by molar-refractivity contribution is -0.133. The van der Waals surface area contributed by atoms with Gasteiger partial charge in [0.25, 0.3) is 5.91 Å². The molecule has 2 N–H and O–H groups in total. The number of hydrogen-bond acceptors (Lipinski definition) is 4. The Morgan fingerprint density at radius 1 is 1.42 bits per heavy atom. The van der Waals surface area contributed by atoms with Crippen molar-refractivity contribution >= 4 is 17.6 Å². The molecule has 2 rings (SSSR count). The fourth-order valence-corrected chi connectivity index (χ4v) is 1.94. The van der Waals surface area contributed by atoms with Crippen LogP contribution in [0.15, 0.2) is 18.2 Å². The van der Waals surface area contributed by atoms with Gasteiger partial charge in [-0.15, -0.1) is 0 Å². The number of nitrogens with two attached hydrogens (primary N) is 1. The number of nitrogens with zero attached hydrogens (tertiary/aromatic N) is 1. The maximum atomic E-state index is 11.9. The van der Waals surface area contributed by atoms with Gasteiger partial charge in [0.05, 0.1) is 5.56 Å². The SMILES string of the molecule is Cc1cccc(N)c1C(=O)OCC(=O)N(C)C1CC1. The molecule has 0 unspecified atom stereocenters. The average molecular weight is 262 g/mol. The number of esters is 1. The molecule has 1 aliphatic rings. The minimum Gasteiger partial charge on any atom is -0.452 e. The van der Waals surface area contributed by atoms with Crippen LogP contribution < -0.4 is 5.73 Å². The van der Waals surface area contributed by atoms with Crippen LogP contribution in [0.5, 0.6) is 0 Å². The number of nitrogen functional groups attached to an aromatic ring is 1. The monoisotopic (exact) mass is 262 g/mol. The molecule has 0 aliphatic heterocycles. The molecule has 0 saturated heterocycles. The lowest BCUT2D eigenvalue weighted by Crippen LogP contribution is -2.33. The van der Waals surface area contributed by atoms with Crippen molar-refractivity contribution in [3.8, 4) is 0 Å². The maximum absolute atomic E-state index is 11.9. The lowest BCUT2D eigenvalue weighted by atomic mass is 10.1. The summed E-state index contributed by atoms with van der Waals surface area (Å²) in [6, 6.07) is 5.51. The molecule has 0 bridgehead atoms. The molecule has 0 atom stereocenters. The molecular weight excluding hydrogens is 244 g/mol. The van der Waals surface area contributed by atoms with Crippen LogP contribution in [0.25, 0.3) is 0 Å².